The average Bonchev–Trinajstić information content (AvgIpc) is 3.41. The molecule has 0 unspecified atom stereocenters. The van der Waals surface area contributed by atoms with Gasteiger partial charge in [0.05, 0.1) is 46.0 Å². The van der Waals surface area contributed by atoms with Gasteiger partial charge in [-0.1, -0.05) is 27.8 Å². The molecule has 292 valence electrons. The minimum absolute atomic E-state index is 0. The van der Waals surface area contributed by atoms with Gasteiger partial charge in [-0.3, -0.25) is 9.35 Å². The van der Waals surface area contributed by atoms with Crippen LogP contribution in [0.5, 0.6) is 5.88 Å². The highest BCUT2D eigenvalue weighted by molar-refractivity contribution is 7.96. The Morgan fingerprint density at radius 3 is 2.25 bits per heavy atom. The van der Waals surface area contributed by atoms with E-state index in [9.17, 15) is 22.9 Å². The molecule has 55 heavy (non-hydrogen) atoms. The van der Waals surface area contributed by atoms with E-state index in [0.29, 0.717) is 40.4 Å². The van der Waals surface area contributed by atoms with Crippen molar-refractivity contribution in [2.24, 2.45) is 10.2 Å². The number of nitrogens with zero attached hydrogens (tertiary/aromatic N) is 7. The van der Waals surface area contributed by atoms with E-state index < -0.39 is 26.7 Å². The SMILES string of the molecule is Cc1ccc(-n2nc(C)c(N=Nc3cc(SOOO)c(Nc4nc(Cl)nc(Nc5ccc(SOC(=O)CSOOO)cc5)n4)cc3S(=O)(=O)O)c2O)cc1.O. The molecular weight excluding hydrogens is 834 g/mol. The second kappa shape index (κ2) is 19.8. The second-order valence-corrected chi connectivity index (χ2v) is 14.1. The molecule has 0 saturated carbocycles. The molecule has 0 aliphatic carbocycles. The van der Waals surface area contributed by atoms with Gasteiger partial charge in [-0.15, -0.1) is 18.9 Å². The van der Waals surface area contributed by atoms with Crippen LogP contribution in [0.2, 0.25) is 5.28 Å². The van der Waals surface area contributed by atoms with Crippen molar-refractivity contribution in [1.82, 2.24) is 24.7 Å². The van der Waals surface area contributed by atoms with Crippen LogP contribution in [-0.4, -0.2) is 70.5 Å². The Kier molecular flexibility index (Phi) is 15.5. The van der Waals surface area contributed by atoms with Crippen LogP contribution < -0.4 is 10.6 Å². The van der Waals surface area contributed by atoms with Crippen LogP contribution >= 0.6 is 47.7 Å². The van der Waals surface area contributed by atoms with Gasteiger partial charge in [-0.2, -0.15) is 33.2 Å². The summed E-state index contributed by atoms with van der Waals surface area (Å²) in [6.07, 6.45) is 0. The lowest BCUT2D eigenvalue weighted by atomic mass is 10.2. The molecule has 2 heterocycles. The topological polar surface area (TPSA) is 315 Å². The molecule has 27 heteroatoms. The summed E-state index contributed by atoms with van der Waals surface area (Å²) in [6.45, 7) is 3.45. The number of azo groups is 1. The summed E-state index contributed by atoms with van der Waals surface area (Å²) in [4.78, 5) is 23.8. The number of hydrogen-bond acceptors (Lipinski definition) is 22. The quantitative estimate of drug-likeness (QED) is 0.0147. The molecule has 0 saturated heterocycles. The highest BCUT2D eigenvalue weighted by Crippen LogP contribution is 2.40. The first-order chi connectivity index (χ1) is 25.8. The summed E-state index contributed by atoms with van der Waals surface area (Å²) in [7, 11) is -4.98. The van der Waals surface area contributed by atoms with Crippen molar-refractivity contribution in [1.29, 1.82) is 0 Å². The number of rotatable bonds is 17. The predicted octanol–water partition coefficient (Wildman–Crippen LogP) is 6.41. The molecule has 0 amide bonds. The Hall–Kier alpha value is -4.68. The van der Waals surface area contributed by atoms with Crippen molar-refractivity contribution < 1.29 is 61.8 Å². The third-order valence-electron chi connectivity index (χ3n) is 6.49. The number of carbonyl (C=O) groups is 1. The Balaban J connectivity index is 0.00000673. The lowest BCUT2D eigenvalue weighted by Crippen LogP contribution is -2.06. The van der Waals surface area contributed by atoms with E-state index in [-0.39, 0.29) is 56.3 Å². The summed E-state index contributed by atoms with van der Waals surface area (Å²) in [5.74, 6) is -1.55. The molecule has 0 spiro atoms. The van der Waals surface area contributed by atoms with Crippen LogP contribution in [0.4, 0.5) is 34.6 Å². The van der Waals surface area contributed by atoms with Crippen LogP contribution in [0.15, 0.2) is 85.6 Å². The molecular formula is C28H26ClN9O13S4. The smallest absolute Gasteiger partial charge is 0.330 e. The van der Waals surface area contributed by atoms with E-state index in [1.54, 1.807) is 43.3 Å². The van der Waals surface area contributed by atoms with Gasteiger partial charge in [0.1, 0.15) is 16.3 Å². The van der Waals surface area contributed by atoms with Gasteiger partial charge in [0, 0.05) is 22.6 Å². The molecule has 8 N–H and O–H groups in total. The van der Waals surface area contributed by atoms with Gasteiger partial charge in [0.2, 0.25) is 23.1 Å². The average molecular weight is 860 g/mol. The molecule has 0 atom stereocenters. The van der Waals surface area contributed by atoms with Gasteiger partial charge in [-0.05, 0) is 74.0 Å². The van der Waals surface area contributed by atoms with E-state index in [4.69, 9.17) is 26.3 Å². The van der Waals surface area contributed by atoms with Crippen molar-refractivity contribution in [3.05, 3.63) is 77.2 Å². The third kappa shape index (κ3) is 11.9. The number of aromatic hydroxyl groups is 1. The second-order valence-electron chi connectivity index (χ2n) is 10.2. The molecule has 5 rings (SSSR count). The van der Waals surface area contributed by atoms with Gasteiger partial charge in [-0.25, -0.2) is 10.5 Å². The summed E-state index contributed by atoms with van der Waals surface area (Å²) >= 11 is 7.85. The van der Waals surface area contributed by atoms with Crippen molar-refractivity contribution in [3.8, 4) is 11.6 Å². The fourth-order valence-electron chi connectivity index (χ4n) is 4.16. The number of benzene rings is 3. The fraction of sp³-hybridized carbons (Fsp3) is 0.107. The number of carbonyl (C=O) groups excluding carboxylic acids is 1. The third-order valence-corrected chi connectivity index (χ3v) is 9.43. The maximum absolute atomic E-state index is 12.5. The Morgan fingerprint density at radius 2 is 1.60 bits per heavy atom. The van der Waals surface area contributed by atoms with Crippen LogP contribution in [-0.2, 0) is 37.8 Å². The zero-order chi connectivity index (χ0) is 38.8. The molecule has 0 radical (unpaired) electrons. The summed E-state index contributed by atoms with van der Waals surface area (Å²) in [6, 6.07) is 15.6. The Labute approximate surface area is 327 Å². The van der Waals surface area contributed by atoms with Crippen molar-refractivity contribution >= 4 is 98.5 Å². The maximum atomic E-state index is 12.5. The first-order valence-corrected chi connectivity index (χ1v) is 18.7. The first-order valence-electron chi connectivity index (χ1n) is 14.4. The zero-order valence-electron chi connectivity index (χ0n) is 27.7. The van der Waals surface area contributed by atoms with E-state index in [1.807, 2.05) is 19.1 Å². The number of hydrogen-bond donors (Lipinski definition) is 6. The number of aromatic nitrogens is 5. The number of nitrogens with one attached hydrogen (secondary N) is 2. The lowest BCUT2D eigenvalue weighted by molar-refractivity contribution is -0.432. The summed E-state index contributed by atoms with van der Waals surface area (Å²) < 4.78 is 50.2. The number of anilines is 4. The molecule has 5 aromatic rings. The highest BCUT2D eigenvalue weighted by atomic mass is 35.5. The van der Waals surface area contributed by atoms with Crippen LogP contribution in [0.1, 0.15) is 11.3 Å². The van der Waals surface area contributed by atoms with Crippen LogP contribution in [0, 0.1) is 13.8 Å². The van der Waals surface area contributed by atoms with Crippen molar-refractivity contribution in [2.45, 2.75) is 28.5 Å². The summed E-state index contributed by atoms with van der Waals surface area (Å²) in [5, 5.41) is 52.6. The molecule has 0 fully saturated rings. The highest BCUT2D eigenvalue weighted by Gasteiger charge is 2.23. The van der Waals surface area contributed by atoms with E-state index >= 15 is 0 Å². The Morgan fingerprint density at radius 1 is 0.927 bits per heavy atom. The van der Waals surface area contributed by atoms with E-state index in [0.717, 1.165) is 29.7 Å². The predicted molar refractivity (Wildman–Crippen MR) is 196 cm³/mol. The van der Waals surface area contributed by atoms with Crippen molar-refractivity contribution in [2.75, 3.05) is 16.4 Å². The maximum Gasteiger partial charge on any atom is 0.330 e. The van der Waals surface area contributed by atoms with Gasteiger partial charge in [0.15, 0.2) is 5.69 Å². The van der Waals surface area contributed by atoms with Crippen LogP contribution in [0.25, 0.3) is 5.69 Å². The minimum Gasteiger partial charge on any atom is -0.492 e. The standard InChI is InChI=1S/C28H24ClN9O12S4.H2O/c1-14-3-7-17(8-4-14)38-25(40)24(15(2)37-38)36-35-20-11-21(53-50-48-42)19(12-22(20)54(43,44)45)31-28-33-26(29)32-27(34-28)30-16-5-9-18(10-6-16)52-46-23(39)13-51-49-47-41;/h3-12,40-42H,13H2,1-2H3,(H,43,44,45)(H2,30,31,32,33,34);1H2. The molecule has 22 nitrogen and oxygen atoms in total. The normalized spacial score (nSPS) is 11.4. The molecule has 0 aliphatic rings. The lowest BCUT2D eigenvalue weighted by Gasteiger charge is -2.13. The van der Waals surface area contributed by atoms with Gasteiger partial charge < -0.3 is 25.4 Å². The molecule has 3 aromatic carbocycles. The van der Waals surface area contributed by atoms with E-state index in [2.05, 4.69) is 59.7 Å². The van der Waals surface area contributed by atoms with Gasteiger partial charge >= 0.3 is 5.97 Å². The number of aryl methyl sites for hydroxylation is 2. The first kappa shape index (κ1) is 43.1. The van der Waals surface area contributed by atoms with Crippen molar-refractivity contribution in [3.63, 3.8) is 0 Å². The zero-order valence-corrected chi connectivity index (χ0v) is 31.7. The Bertz CT molecular complexity index is 2250. The largest absolute Gasteiger partial charge is 0.492 e. The van der Waals surface area contributed by atoms with Crippen LogP contribution in [0.3, 0.4) is 0 Å². The molecule has 2 aromatic heterocycles. The summed E-state index contributed by atoms with van der Waals surface area (Å²) in [5.41, 5.74) is 1.63. The molecule has 0 bridgehead atoms. The number of halogens is 1. The molecule has 0 aliphatic heterocycles. The van der Waals surface area contributed by atoms with Gasteiger partial charge in [0.25, 0.3) is 10.1 Å². The van der Waals surface area contributed by atoms with E-state index in [1.165, 1.54) is 4.68 Å². The monoisotopic (exact) mass is 859 g/mol. The minimum atomic E-state index is -4.98. The fourth-order valence-corrected chi connectivity index (χ4v) is 6.23.